The van der Waals surface area contributed by atoms with Crippen LogP contribution in [0.1, 0.15) is 0 Å². The zero-order chi connectivity index (χ0) is 12.8. The van der Waals surface area contributed by atoms with Crippen LogP contribution in [0.4, 0.5) is 0 Å². The molecule has 0 fully saturated rings. The average molecular weight is 250 g/mol. The molecule has 0 aliphatic heterocycles. The molecular weight excluding hydrogens is 240 g/mol. The third-order valence-electron chi connectivity index (χ3n) is 3.25. The molecule has 0 radical (unpaired) electrons. The average Bonchev–Trinajstić information content (AvgIpc) is 3.06. The number of hydrogen-bond donors (Lipinski definition) is 1. The third-order valence-corrected chi connectivity index (χ3v) is 3.25. The summed E-state index contributed by atoms with van der Waals surface area (Å²) in [4.78, 5) is 4.02. The van der Waals surface area contributed by atoms with Crippen LogP contribution in [0, 0.1) is 0 Å². The van der Waals surface area contributed by atoms with Gasteiger partial charge in [-0.15, -0.1) is 0 Å². The first-order valence-electron chi connectivity index (χ1n) is 5.95. The van der Waals surface area contributed by atoms with Gasteiger partial charge >= 0.3 is 0 Å². The van der Waals surface area contributed by atoms with Gasteiger partial charge in [0.25, 0.3) is 0 Å². The fourth-order valence-corrected chi connectivity index (χ4v) is 2.36. The molecule has 19 heavy (non-hydrogen) atoms. The van der Waals surface area contributed by atoms with Gasteiger partial charge in [-0.05, 0) is 12.1 Å². The molecule has 2 aromatic heterocycles. The maximum Gasteiger partial charge on any atom is 0.177 e. The second kappa shape index (κ2) is 3.62. The fourth-order valence-electron chi connectivity index (χ4n) is 2.36. The Morgan fingerprint density at radius 3 is 2.84 bits per heavy atom. The molecule has 2 heterocycles. The topological polar surface area (TPSA) is 51.2 Å². The van der Waals surface area contributed by atoms with E-state index in [0.717, 1.165) is 22.0 Å². The van der Waals surface area contributed by atoms with Crippen LogP contribution in [-0.2, 0) is 0 Å². The molecule has 0 atom stereocenters. The molecule has 92 valence electrons. The highest BCUT2D eigenvalue weighted by molar-refractivity contribution is 6.07. The van der Waals surface area contributed by atoms with Gasteiger partial charge in [0.05, 0.1) is 12.0 Å². The van der Waals surface area contributed by atoms with Crippen LogP contribution in [0.15, 0.2) is 59.5 Å². The summed E-state index contributed by atoms with van der Waals surface area (Å²) < 4.78 is 7.53. The molecule has 4 heteroatoms. The van der Waals surface area contributed by atoms with Crippen molar-refractivity contribution in [2.45, 2.75) is 0 Å². The number of nitrogens with zero attached hydrogens (tertiary/aromatic N) is 2. The van der Waals surface area contributed by atoms with E-state index in [-0.39, 0.29) is 5.75 Å². The number of aromatic nitrogens is 2. The summed E-state index contributed by atoms with van der Waals surface area (Å²) in [5.41, 5.74) is 2.15. The third kappa shape index (κ3) is 1.43. The van der Waals surface area contributed by atoms with Crippen molar-refractivity contribution in [3.8, 4) is 11.4 Å². The summed E-state index contributed by atoms with van der Waals surface area (Å²) in [7, 11) is 0. The molecule has 0 amide bonds. The summed E-state index contributed by atoms with van der Waals surface area (Å²) in [6, 6.07) is 11.4. The summed E-state index contributed by atoms with van der Waals surface area (Å²) in [6.07, 6.45) is 5.24. The van der Waals surface area contributed by atoms with Gasteiger partial charge in [-0.1, -0.05) is 18.2 Å². The zero-order valence-electron chi connectivity index (χ0n) is 9.95. The fraction of sp³-hybridized carbons (Fsp3) is 0. The number of phenolic OH excluding ortho intramolecular Hbond substituents is 1. The molecule has 0 aliphatic rings. The first-order chi connectivity index (χ1) is 9.33. The second-order valence-corrected chi connectivity index (χ2v) is 4.41. The van der Waals surface area contributed by atoms with E-state index >= 15 is 0 Å². The molecule has 0 spiro atoms. The largest absolute Gasteiger partial charge is 0.504 e. The zero-order valence-corrected chi connectivity index (χ0v) is 9.95. The summed E-state index contributed by atoms with van der Waals surface area (Å²) in [5.74, 6) is 0.136. The monoisotopic (exact) mass is 250 g/mol. The van der Waals surface area contributed by atoms with E-state index in [0.29, 0.717) is 5.58 Å². The lowest BCUT2D eigenvalue weighted by Gasteiger charge is -2.03. The summed E-state index contributed by atoms with van der Waals surface area (Å²) in [5, 5.41) is 12.0. The van der Waals surface area contributed by atoms with Crippen LogP contribution in [0.3, 0.4) is 0 Å². The van der Waals surface area contributed by atoms with Crippen molar-refractivity contribution in [2.24, 2.45) is 0 Å². The first kappa shape index (κ1) is 10.2. The van der Waals surface area contributed by atoms with Crippen LogP contribution >= 0.6 is 0 Å². The lowest BCUT2D eigenvalue weighted by atomic mass is 10.1. The van der Waals surface area contributed by atoms with Crippen LogP contribution in [0.2, 0.25) is 0 Å². The van der Waals surface area contributed by atoms with E-state index in [1.807, 2.05) is 41.1 Å². The van der Waals surface area contributed by atoms with Crippen molar-refractivity contribution in [2.75, 3.05) is 0 Å². The van der Waals surface area contributed by atoms with Crippen LogP contribution in [-0.4, -0.2) is 14.7 Å². The van der Waals surface area contributed by atoms with Crippen molar-refractivity contribution in [1.82, 2.24) is 9.55 Å². The van der Waals surface area contributed by atoms with Gasteiger partial charge in [0.15, 0.2) is 11.3 Å². The van der Waals surface area contributed by atoms with Gasteiger partial charge in [0.1, 0.15) is 5.58 Å². The standard InChI is InChI=1S/C15H10N2O2/c18-13-8-10(17-6-5-16-9-17)7-12-11-3-1-2-4-14(11)19-15(12)13/h1-9,18H. The Bertz CT molecular complexity index is 876. The summed E-state index contributed by atoms with van der Waals surface area (Å²) in [6.45, 7) is 0. The van der Waals surface area contributed by atoms with Crippen LogP contribution in [0.25, 0.3) is 27.6 Å². The number of furan rings is 1. The Morgan fingerprint density at radius 1 is 1.11 bits per heavy atom. The Labute approximate surface area is 108 Å². The van der Waals surface area contributed by atoms with Gasteiger partial charge in [-0.25, -0.2) is 4.98 Å². The van der Waals surface area contributed by atoms with E-state index in [2.05, 4.69) is 4.98 Å². The number of benzene rings is 2. The minimum absolute atomic E-state index is 0.136. The number of aromatic hydroxyl groups is 1. The number of hydrogen-bond acceptors (Lipinski definition) is 3. The predicted molar refractivity (Wildman–Crippen MR) is 72.5 cm³/mol. The number of imidazole rings is 1. The molecule has 0 aliphatic carbocycles. The molecule has 0 unspecified atom stereocenters. The second-order valence-electron chi connectivity index (χ2n) is 4.41. The lowest BCUT2D eigenvalue weighted by molar-refractivity contribution is 0.468. The van der Waals surface area contributed by atoms with Crippen molar-refractivity contribution in [3.63, 3.8) is 0 Å². The minimum atomic E-state index is 0.136. The van der Waals surface area contributed by atoms with E-state index in [4.69, 9.17) is 4.42 Å². The number of fused-ring (bicyclic) bond motifs is 3. The minimum Gasteiger partial charge on any atom is -0.504 e. The van der Waals surface area contributed by atoms with E-state index < -0.39 is 0 Å². The SMILES string of the molecule is Oc1cc(-n2ccnc2)cc2c1oc1ccccc12. The first-order valence-corrected chi connectivity index (χ1v) is 5.95. The molecule has 0 bridgehead atoms. The lowest BCUT2D eigenvalue weighted by Crippen LogP contribution is -1.89. The van der Waals surface area contributed by atoms with E-state index in [1.54, 1.807) is 18.6 Å². The molecule has 4 rings (SSSR count). The van der Waals surface area contributed by atoms with Gasteiger partial charge in [-0.3, -0.25) is 0 Å². The number of phenols is 1. The van der Waals surface area contributed by atoms with Crippen molar-refractivity contribution in [1.29, 1.82) is 0 Å². The molecule has 4 aromatic rings. The highest BCUT2D eigenvalue weighted by Gasteiger charge is 2.12. The van der Waals surface area contributed by atoms with Crippen molar-refractivity contribution < 1.29 is 9.52 Å². The van der Waals surface area contributed by atoms with Crippen LogP contribution in [0.5, 0.6) is 5.75 Å². The van der Waals surface area contributed by atoms with E-state index in [1.165, 1.54) is 0 Å². The van der Waals surface area contributed by atoms with Gasteiger partial charge < -0.3 is 14.1 Å². The van der Waals surface area contributed by atoms with E-state index in [9.17, 15) is 5.11 Å². The van der Waals surface area contributed by atoms with Crippen LogP contribution < -0.4 is 0 Å². The Morgan fingerprint density at radius 2 is 2.00 bits per heavy atom. The molecule has 1 N–H and O–H groups in total. The molecule has 4 nitrogen and oxygen atoms in total. The number of rotatable bonds is 1. The highest BCUT2D eigenvalue weighted by Crippen LogP contribution is 2.35. The van der Waals surface area contributed by atoms with Gasteiger partial charge in [0.2, 0.25) is 0 Å². The molecule has 2 aromatic carbocycles. The smallest absolute Gasteiger partial charge is 0.177 e. The van der Waals surface area contributed by atoms with Gasteiger partial charge in [-0.2, -0.15) is 0 Å². The number of para-hydroxylation sites is 1. The normalized spacial score (nSPS) is 11.4. The summed E-state index contributed by atoms with van der Waals surface area (Å²) >= 11 is 0. The molecule has 0 saturated carbocycles. The Kier molecular flexibility index (Phi) is 1.94. The van der Waals surface area contributed by atoms with Crippen molar-refractivity contribution >= 4 is 21.9 Å². The quantitative estimate of drug-likeness (QED) is 0.562. The Balaban J connectivity index is 2.12. The maximum atomic E-state index is 10.1. The molecular formula is C15H10N2O2. The molecule has 0 saturated heterocycles. The maximum absolute atomic E-state index is 10.1. The Hall–Kier alpha value is -2.75. The van der Waals surface area contributed by atoms with Crippen molar-refractivity contribution in [3.05, 3.63) is 55.1 Å². The highest BCUT2D eigenvalue weighted by atomic mass is 16.4. The van der Waals surface area contributed by atoms with Gasteiger partial charge in [0, 0.05) is 29.2 Å². The predicted octanol–water partition coefficient (Wildman–Crippen LogP) is 3.48.